The van der Waals surface area contributed by atoms with Crippen LogP contribution in [0.5, 0.6) is 11.5 Å². The van der Waals surface area contributed by atoms with E-state index in [4.69, 9.17) is 16.2 Å². The van der Waals surface area contributed by atoms with Crippen molar-refractivity contribution in [1.29, 1.82) is 0 Å². The number of fused-ring (bicyclic) bond motifs is 6. The lowest BCUT2D eigenvalue weighted by molar-refractivity contribution is -0.149. The molecule has 18 heteroatoms. The lowest BCUT2D eigenvalue weighted by atomic mass is 9.58. The van der Waals surface area contributed by atoms with Gasteiger partial charge in [0.1, 0.15) is 51.3 Å². The summed E-state index contributed by atoms with van der Waals surface area (Å²) in [7, 11) is 6.28. The minimum Gasteiger partial charge on any atom is -0.510 e. The number of phenols is 1. The maximum absolute atomic E-state index is 15.2. The van der Waals surface area contributed by atoms with Crippen molar-refractivity contribution in [3.8, 4) is 33.8 Å². The molecule has 0 saturated heterocycles. The van der Waals surface area contributed by atoms with Crippen LogP contribution in [0.3, 0.4) is 0 Å². The molecule has 4 aromatic rings. The highest BCUT2D eigenvalue weighted by molar-refractivity contribution is 6.26. The van der Waals surface area contributed by atoms with Gasteiger partial charge in [0.2, 0.25) is 11.6 Å². The highest BCUT2D eigenvalue weighted by Gasteiger charge is 2.65. The molecule has 0 aromatic heterocycles. The first-order valence-electron chi connectivity index (χ1n) is 24.9. The monoisotopic (exact) mass is 1030 g/mol. The number of rotatable bonds is 9. The Labute approximate surface area is 436 Å². The van der Waals surface area contributed by atoms with Gasteiger partial charge in [0.05, 0.1) is 23.2 Å². The van der Waals surface area contributed by atoms with Gasteiger partial charge < -0.3 is 51.9 Å². The lowest BCUT2D eigenvalue weighted by Gasteiger charge is -2.50. The summed E-state index contributed by atoms with van der Waals surface area (Å²) >= 11 is 0. The molecule has 4 aromatic carbocycles. The van der Waals surface area contributed by atoms with Gasteiger partial charge in [0.15, 0.2) is 22.8 Å². The molecule has 0 heterocycles. The molecule has 18 nitrogen and oxygen atoms in total. The quantitative estimate of drug-likeness (QED) is 0.102. The molecule has 76 heavy (non-hydrogen) atoms. The summed E-state index contributed by atoms with van der Waals surface area (Å²) in [5.74, 6) is -14.2. The Bertz CT molecular complexity index is 3440. The van der Waals surface area contributed by atoms with Crippen LogP contribution in [0.4, 0.5) is 0 Å². The number of ether oxygens (including phenoxy) is 1. The van der Waals surface area contributed by atoms with Gasteiger partial charge in [-0.25, -0.2) is 0 Å². The highest BCUT2D eigenvalue weighted by Crippen LogP contribution is 2.56. The molecular weight excluding hydrogens is 977 g/mol. The Morgan fingerprint density at radius 3 is 1.45 bits per heavy atom. The lowest BCUT2D eigenvalue weighted by Crippen LogP contribution is -2.63. The smallest absolute Gasteiger partial charge is 0.255 e. The average Bonchev–Trinajstić information content (AvgIpc) is 3.44. The Morgan fingerprint density at radius 1 is 0.605 bits per heavy atom. The van der Waals surface area contributed by atoms with Crippen molar-refractivity contribution in [1.82, 2.24) is 9.80 Å². The first-order chi connectivity index (χ1) is 35.7. The molecule has 0 radical (unpaired) electrons. The number of nitrogens with zero attached hydrogens (tertiary/aromatic N) is 2. The summed E-state index contributed by atoms with van der Waals surface area (Å²) in [6, 6.07) is 19.1. The summed E-state index contributed by atoms with van der Waals surface area (Å²) in [6.45, 7) is 5.53. The van der Waals surface area contributed by atoms with E-state index in [1.807, 2.05) is 37.3 Å². The van der Waals surface area contributed by atoms with Crippen molar-refractivity contribution in [2.75, 3.05) is 28.2 Å². The number of carbonyl (C=O) groups is 6. The number of carbonyl (C=O) groups excluding carboxylic acids is 6. The summed E-state index contributed by atoms with van der Waals surface area (Å²) in [5, 5.41) is 82.0. The molecule has 0 spiro atoms. The number of hydrogen-bond donors (Lipinski definition) is 9. The van der Waals surface area contributed by atoms with Crippen LogP contribution in [0.25, 0.3) is 22.3 Å². The van der Waals surface area contributed by atoms with Crippen molar-refractivity contribution in [3.63, 3.8) is 0 Å². The maximum atomic E-state index is 15.2. The second-order valence-electron chi connectivity index (χ2n) is 21.9. The molecule has 0 aliphatic heterocycles. The molecule has 10 rings (SSSR count). The summed E-state index contributed by atoms with van der Waals surface area (Å²) in [6.07, 6.45) is 0.0975. The molecular formula is C58H58N4O14. The largest absolute Gasteiger partial charge is 0.510 e. The molecule has 11 N–H and O–H groups in total. The van der Waals surface area contributed by atoms with Gasteiger partial charge in [0.25, 0.3) is 11.8 Å². The molecule has 0 saturated carbocycles. The summed E-state index contributed by atoms with van der Waals surface area (Å²) in [5.41, 5.74) is 7.34. The van der Waals surface area contributed by atoms with Crippen LogP contribution in [0.15, 0.2) is 118 Å². The molecule has 6 aliphatic carbocycles. The zero-order valence-corrected chi connectivity index (χ0v) is 42.8. The zero-order chi connectivity index (χ0) is 55.2. The van der Waals surface area contributed by atoms with Crippen molar-refractivity contribution < 1.29 is 69.2 Å². The first-order valence-corrected chi connectivity index (χ1v) is 24.9. The molecule has 0 unspecified atom stereocenters. The van der Waals surface area contributed by atoms with Gasteiger partial charge in [-0.15, -0.1) is 0 Å². The van der Waals surface area contributed by atoms with Crippen LogP contribution in [-0.4, -0.2) is 132 Å². The average molecular weight is 1040 g/mol. The number of benzene rings is 4. The Kier molecular flexibility index (Phi) is 11.9. The van der Waals surface area contributed by atoms with Gasteiger partial charge in [0, 0.05) is 23.0 Å². The molecule has 8 atom stereocenters. The topological polar surface area (TPSA) is 312 Å². The number of aromatic hydroxyl groups is 1. The third kappa shape index (κ3) is 7.21. The third-order valence-corrected chi connectivity index (χ3v) is 16.8. The van der Waals surface area contributed by atoms with E-state index >= 15 is 4.79 Å². The number of amides is 2. The van der Waals surface area contributed by atoms with Gasteiger partial charge >= 0.3 is 0 Å². The number of aryl methyl sites for hydroxylation is 1. The number of aliphatic hydroxyl groups is 6. The number of nitrogens with two attached hydrogens (primary N) is 2. The second kappa shape index (κ2) is 17.6. The fourth-order valence-electron chi connectivity index (χ4n) is 13.2. The van der Waals surface area contributed by atoms with Crippen LogP contribution in [-0.2, 0) is 37.6 Å². The van der Waals surface area contributed by atoms with E-state index < -0.39 is 127 Å². The Balaban J connectivity index is 1.01. The number of likely N-dealkylation sites (N-methyl/N-ethyl adjacent to an activating group) is 2. The van der Waals surface area contributed by atoms with E-state index in [-0.39, 0.29) is 53.7 Å². The van der Waals surface area contributed by atoms with E-state index in [1.54, 1.807) is 78.4 Å². The number of aliphatic hydroxyl groups excluding tert-OH is 4. The Morgan fingerprint density at radius 2 is 1.01 bits per heavy atom. The number of primary amides is 2. The summed E-state index contributed by atoms with van der Waals surface area (Å²) < 4.78 is 6.83. The minimum absolute atomic E-state index is 0.0372. The molecule has 0 bridgehead atoms. The van der Waals surface area contributed by atoms with Crippen LogP contribution in [0.1, 0.15) is 69.7 Å². The number of phenolic OH excluding ortho intramolecular Hbond substituents is 1. The maximum Gasteiger partial charge on any atom is 0.255 e. The van der Waals surface area contributed by atoms with Crippen molar-refractivity contribution in [3.05, 3.63) is 152 Å². The number of ketones is 4. The van der Waals surface area contributed by atoms with E-state index in [0.717, 1.165) is 11.1 Å². The normalized spacial score (nSPS) is 27.2. The van der Waals surface area contributed by atoms with Gasteiger partial charge in [-0.3, -0.25) is 38.6 Å². The van der Waals surface area contributed by atoms with Gasteiger partial charge in [-0.2, -0.15) is 0 Å². The number of allylic oxidation sites excluding steroid dienone is 2. The SMILES string of the molecule is Cc1ccc(-c2ccc(OC(C)(C)c3ccc(-c4ccc(O)c5c4C[C@H]4C[C@H]6[C@H](N(C)C)C(O)=C(C(N)=O)C(=O)[C@@]6(O)C(O)=C4C5=O)cc3)c3c2C[C@H]2C[C@H]4[C@H](N(C)C)C(O)=C(C(N)=O)C(=O)[C@@]4(O)C(O)=C2C3=O)cc1. The molecule has 2 amide bonds. The third-order valence-electron chi connectivity index (χ3n) is 16.8. The fraction of sp³-hybridized carbons (Fsp3) is 0.345. The van der Waals surface area contributed by atoms with Crippen LogP contribution in [0.2, 0.25) is 0 Å². The predicted molar refractivity (Wildman–Crippen MR) is 275 cm³/mol. The van der Waals surface area contributed by atoms with E-state index in [2.05, 4.69) is 0 Å². The summed E-state index contributed by atoms with van der Waals surface area (Å²) in [4.78, 5) is 85.6. The van der Waals surface area contributed by atoms with Crippen LogP contribution >= 0.6 is 0 Å². The first kappa shape index (κ1) is 51.6. The van der Waals surface area contributed by atoms with Crippen LogP contribution < -0.4 is 16.2 Å². The van der Waals surface area contributed by atoms with Crippen molar-refractivity contribution >= 4 is 34.9 Å². The second-order valence-corrected chi connectivity index (χ2v) is 21.9. The van der Waals surface area contributed by atoms with E-state index in [0.29, 0.717) is 33.4 Å². The van der Waals surface area contributed by atoms with Crippen LogP contribution in [0, 0.1) is 30.6 Å². The number of hydrogen-bond acceptors (Lipinski definition) is 16. The fourth-order valence-corrected chi connectivity index (χ4v) is 13.2. The van der Waals surface area contributed by atoms with E-state index in [9.17, 15) is 59.7 Å². The van der Waals surface area contributed by atoms with Gasteiger partial charge in [-0.05, 0) is 138 Å². The molecule has 394 valence electrons. The Hall–Kier alpha value is -7.90. The number of Topliss-reactive ketones (excluding diaryl/α,β-unsaturated/α-hetero) is 4. The van der Waals surface area contributed by atoms with E-state index in [1.165, 1.54) is 15.9 Å². The standard InChI is InChI=1S/C58H58N4O14/c1-24-8-10-25(11-9-24)31-17-19-37(41-33(31)21-28-23-35-45(62(6)7)49(67)43(55(60)73)53(71)58(35,75)51(69)39(28)47(41)65)76-56(2,3)29-14-12-26(13-15-29)30-16-18-36(63)40-32(30)20-27-22-34-44(61(4)5)48(66)42(54(59)72)52(70)57(34,74)50(68)38(27)46(40)64/h8-19,27-28,34-35,44-45,63,66-69,74-75H,20-23H2,1-7H3,(H2,59,72)(H2,60,73)/t27-,28-,34-,35-,44-,45-,57-,58-/m0/s1. The molecule has 0 fully saturated rings. The highest BCUT2D eigenvalue weighted by atomic mass is 16.5. The minimum atomic E-state index is -2.78. The van der Waals surface area contributed by atoms with Gasteiger partial charge in [-0.1, -0.05) is 66.2 Å². The van der Waals surface area contributed by atoms with Crippen molar-refractivity contribution in [2.24, 2.45) is 35.1 Å². The van der Waals surface area contributed by atoms with Crippen molar-refractivity contribution in [2.45, 2.75) is 75.3 Å². The molecule has 6 aliphatic rings. The zero-order valence-electron chi connectivity index (χ0n) is 42.8. The predicted octanol–water partition coefficient (Wildman–Crippen LogP) is 4.81.